The Morgan fingerprint density at radius 2 is 1.69 bits per heavy atom. The van der Waals surface area contributed by atoms with Gasteiger partial charge in [-0.3, -0.25) is 4.79 Å². The van der Waals surface area contributed by atoms with E-state index in [-0.39, 0.29) is 18.0 Å². The lowest BCUT2D eigenvalue weighted by atomic mass is 9.95. The van der Waals surface area contributed by atoms with Crippen LogP contribution in [0.15, 0.2) is 78.9 Å². The predicted molar refractivity (Wildman–Crippen MR) is 125 cm³/mol. The number of hydrogen-bond acceptors (Lipinski definition) is 4. The molecule has 5 heteroatoms. The summed E-state index contributed by atoms with van der Waals surface area (Å²) in [6.07, 6.45) is 1.56. The fraction of sp³-hybridized carbons (Fsp3) is 0.296. The molecule has 0 fully saturated rings. The first kappa shape index (κ1) is 23.5. The van der Waals surface area contributed by atoms with Crippen molar-refractivity contribution in [2.45, 2.75) is 44.8 Å². The van der Waals surface area contributed by atoms with E-state index < -0.39 is 12.1 Å². The summed E-state index contributed by atoms with van der Waals surface area (Å²) in [5.41, 5.74) is 2.41. The number of rotatable bonds is 12. The lowest BCUT2D eigenvalue weighted by Crippen LogP contribution is -2.33. The summed E-state index contributed by atoms with van der Waals surface area (Å²) in [6, 6.07) is 22.3. The number of carbonyl (C=O) groups is 1. The number of Topliss-reactive ketones (excluding diaryl/α,β-unsaturated/α-hetero) is 1. The van der Waals surface area contributed by atoms with Crippen molar-refractivity contribution in [3.05, 3.63) is 95.8 Å². The van der Waals surface area contributed by atoms with Gasteiger partial charge in [0, 0.05) is 12.1 Å². The molecule has 32 heavy (non-hydrogen) atoms. The van der Waals surface area contributed by atoms with E-state index in [2.05, 4.69) is 12.2 Å². The topological polar surface area (TPSA) is 58.6 Å². The number of hydrogen-bond donors (Lipinski definition) is 2. The maximum absolute atomic E-state index is 13.3. The van der Waals surface area contributed by atoms with E-state index in [9.17, 15) is 14.3 Å². The van der Waals surface area contributed by atoms with Gasteiger partial charge in [-0.15, -0.1) is 0 Å². The number of carbonyl (C=O) groups excluding carboxylic acids is 1. The summed E-state index contributed by atoms with van der Waals surface area (Å²) in [7, 11) is 0. The molecule has 0 spiro atoms. The molecule has 4 nitrogen and oxygen atoms in total. The number of aryl methyl sites for hydroxylation is 1. The van der Waals surface area contributed by atoms with E-state index in [1.165, 1.54) is 12.1 Å². The van der Waals surface area contributed by atoms with E-state index in [1.807, 2.05) is 54.6 Å². The third-order valence-electron chi connectivity index (χ3n) is 5.32. The predicted octanol–water partition coefficient (Wildman–Crippen LogP) is 5.72. The quantitative estimate of drug-likeness (QED) is 0.357. The van der Waals surface area contributed by atoms with E-state index in [0.717, 1.165) is 29.7 Å². The number of unbranched alkanes of at least 4 members (excludes halogenated alkanes) is 1. The molecule has 0 unspecified atom stereocenters. The number of ether oxygens (including phenoxy) is 1. The van der Waals surface area contributed by atoms with Gasteiger partial charge in [-0.2, -0.15) is 0 Å². The summed E-state index contributed by atoms with van der Waals surface area (Å²) >= 11 is 0. The highest BCUT2D eigenvalue weighted by molar-refractivity contribution is 5.84. The Balaban J connectivity index is 1.74. The molecule has 3 aromatic rings. The molecule has 0 saturated carbocycles. The number of benzene rings is 3. The SMILES string of the molecule is CCCCOc1ccc([C@@H](Nc2ccc(F)cc2)[C@H](O)C(=O)CCc2ccccc2)cc1. The molecule has 0 radical (unpaired) electrons. The van der Waals surface area contributed by atoms with Crippen LogP contribution < -0.4 is 10.1 Å². The van der Waals surface area contributed by atoms with Crippen LogP contribution >= 0.6 is 0 Å². The van der Waals surface area contributed by atoms with Gasteiger partial charge in [0.1, 0.15) is 17.7 Å². The molecule has 0 heterocycles. The normalized spacial score (nSPS) is 12.7. The summed E-state index contributed by atoms with van der Waals surface area (Å²) in [5, 5.41) is 14.1. The molecule has 3 aromatic carbocycles. The van der Waals surface area contributed by atoms with Crippen LogP contribution in [0.5, 0.6) is 5.75 Å². The van der Waals surface area contributed by atoms with Gasteiger partial charge in [0.2, 0.25) is 0 Å². The Labute approximate surface area is 189 Å². The minimum Gasteiger partial charge on any atom is -0.494 e. The second-order valence-corrected chi connectivity index (χ2v) is 7.80. The van der Waals surface area contributed by atoms with Crippen LogP contribution in [0.3, 0.4) is 0 Å². The molecule has 0 saturated heterocycles. The minimum absolute atomic E-state index is 0.227. The van der Waals surface area contributed by atoms with Gasteiger partial charge >= 0.3 is 0 Å². The Bertz CT molecular complexity index is 958. The highest BCUT2D eigenvalue weighted by Crippen LogP contribution is 2.26. The van der Waals surface area contributed by atoms with Crippen LogP contribution in [-0.4, -0.2) is 23.6 Å². The highest BCUT2D eigenvalue weighted by atomic mass is 19.1. The average molecular weight is 436 g/mol. The van der Waals surface area contributed by atoms with Crippen molar-refractivity contribution in [2.75, 3.05) is 11.9 Å². The monoisotopic (exact) mass is 435 g/mol. The molecule has 2 N–H and O–H groups in total. The van der Waals surface area contributed by atoms with E-state index in [1.54, 1.807) is 12.1 Å². The van der Waals surface area contributed by atoms with Crippen LogP contribution in [0.4, 0.5) is 10.1 Å². The minimum atomic E-state index is -1.25. The molecule has 0 aromatic heterocycles. The van der Waals surface area contributed by atoms with Crippen LogP contribution in [0, 0.1) is 5.82 Å². The summed E-state index contributed by atoms with van der Waals surface area (Å²) in [4.78, 5) is 12.8. The van der Waals surface area contributed by atoms with Crippen molar-refractivity contribution in [1.82, 2.24) is 0 Å². The molecule has 0 aliphatic carbocycles. The van der Waals surface area contributed by atoms with Crippen LogP contribution in [0.2, 0.25) is 0 Å². The zero-order valence-electron chi connectivity index (χ0n) is 18.3. The average Bonchev–Trinajstić information content (AvgIpc) is 2.83. The molecule has 0 amide bonds. The molecule has 0 bridgehead atoms. The number of halogens is 1. The molecule has 0 aliphatic rings. The maximum Gasteiger partial charge on any atom is 0.164 e. The van der Waals surface area contributed by atoms with Crippen LogP contribution in [0.25, 0.3) is 0 Å². The zero-order chi connectivity index (χ0) is 22.8. The molecule has 168 valence electrons. The smallest absolute Gasteiger partial charge is 0.164 e. The Morgan fingerprint density at radius 1 is 1.00 bits per heavy atom. The van der Waals surface area contributed by atoms with Crippen molar-refractivity contribution in [1.29, 1.82) is 0 Å². The van der Waals surface area contributed by atoms with Crippen LogP contribution in [0.1, 0.15) is 43.4 Å². The third-order valence-corrected chi connectivity index (χ3v) is 5.32. The first-order valence-corrected chi connectivity index (χ1v) is 11.1. The molecular formula is C27H30FNO3. The second kappa shape index (κ2) is 12.0. The van der Waals surface area contributed by atoms with Gasteiger partial charge in [-0.1, -0.05) is 55.8 Å². The molecule has 3 rings (SSSR count). The van der Waals surface area contributed by atoms with Crippen LogP contribution in [-0.2, 0) is 11.2 Å². The van der Waals surface area contributed by atoms with Gasteiger partial charge in [-0.25, -0.2) is 4.39 Å². The van der Waals surface area contributed by atoms with Gasteiger partial charge in [0.05, 0.1) is 12.6 Å². The lowest BCUT2D eigenvalue weighted by Gasteiger charge is -2.25. The van der Waals surface area contributed by atoms with E-state index in [0.29, 0.717) is 18.7 Å². The largest absolute Gasteiger partial charge is 0.494 e. The number of aliphatic hydroxyl groups excluding tert-OH is 1. The van der Waals surface area contributed by atoms with Gasteiger partial charge in [0.25, 0.3) is 0 Å². The Morgan fingerprint density at radius 3 is 2.34 bits per heavy atom. The molecular weight excluding hydrogens is 405 g/mol. The number of aliphatic hydroxyl groups is 1. The van der Waals surface area contributed by atoms with Crippen molar-refractivity contribution in [3.8, 4) is 5.75 Å². The van der Waals surface area contributed by atoms with Crippen molar-refractivity contribution < 1.29 is 19.0 Å². The zero-order valence-corrected chi connectivity index (χ0v) is 18.3. The van der Waals surface area contributed by atoms with Gasteiger partial charge in [0.15, 0.2) is 5.78 Å². The van der Waals surface area contributed by atoms with E-state index in [4.69, 9.17) is 4.74 Å². The Hall–Kier alpha value is -3.18. The van der Waals surface area contributed by atoms with Gasteiger partial charge < -0.3 is 15.2 Å². The Kier molecular flexibility index (Phi) is 8.81. The molecule has 2 atom stereocenters. The van der Waals surface area contributed by atoms with Crippen molar-refractivity contribution >= 4 is 11.5 Å². The summed E-state index contributed by atoms with van der Waals surface area (Å²) in [6.45, 7) is 2.75. The first-order chi connectivity index (χ1) is 15.6. The number of ketones is 1. The fourth-order valence-corrected chi connectivity index (χ4v) is 3.42. The van der Waals surface area contributed by atoms with E-state index >= 15 is 0 Å². The third kappa shape index (κ3) is 6.92. The van der Waals surface area contributed by atoms with Gasteiger partial charge in [-0.05, 0) is 60.4 Å². The van der Waals surface area contributed by atoms with Crippen molar-refractivity contribution in [2.24, 2.45) is 0 Å². The molecule has 0 aliphatic heterocycles. The summed E-state index contributed by atoms with van der Waals surface area (Å²) < 4.78 is 19.0. The lowest BCUT2D eigenvalue weighted by molar-refractivity contribution is -0.127. The fourth-order valence-electron chi connectivity index (χ4n) is 3.42. The number of anilines is 1. The maximum atomic E-state index is 13.3. The first-order valence-electron chi connectivity index (χ1n) is 11.1. The van der Waals surface area contributed by atoms with Crippen molar-refractivity contribution in [3.63, 3.8) is 0 Å². The number of nitrogens with one attached hydrogen (secondary N) is 1. The highest BCUT2D eigenvalue weighted by Gasteiger charge is 2.27. The second-order valence-electron chi connectivity index (χ2n) is 7.80. The summed E-state index contributed by atoms with van der Waals surface area (Å²) in [5.74, 6) is 0.143. The standard InChI is InChI=1S/C27H30FNO3/c1-2-3-19-32-24-16-10-21(11-17-24)26(29-23-14-12-22(28)13-15-23)27(31)25(30)18-9-20-7-5-4-6-8-20/h4-8,10-17,26-27,29,31H,2-3,9,18-19H2,1H3/t26-,27-/m1/s1.